The van der Waals surface area contributed by atoms with E-state index >= 15 is 0 Å². The van der Waals surface area contributed by atoms with E-state index in [1.165, 1.54) is 70.6 Å². The summed E-state index contributed by atoms with van der Waals surface area (Å²) in [6, 6.07) is 0. The molecule has 0 radical (unpaired) electrons. The van der Waals surface area contributed by atoms with Crippen LogP contribution < -0.4 is 0 Å². The van der Waals surface area contributed by atoms with Gasteiger partial charge >= 0.3 is 0 Å². The Labute approximate surface area is 144 Å². The second kappa shape index (κ2) is 10.7. The van der Waals surface area contributed by atoms with Crippen LogP contribution in [0.1, 0.15) is 84.5 Å². The van der Waals surface area contributed by atoms with Crippen LogP contribution in [0.5, 0.6) is 0 Å². The van der Waals surface area contributed by atoms with Crippen LogP contribution in [-0.2, 0) is 0 Å². The first kappa shape index (κ1) is 18.4. The summed E-state index contributed by atoms with van der Waals surface area (Å²) in [7, 11) is 0. The van der Waals surface area contributed by atoms with Gasteiger partial charge in [0.25, 0.3) is 0 Å². The van der Waals surface area contributed by atoms with E-state index in [1.807, 2.05) is 0 Å². The van der Waals surface area contributed by atoms with Gasteiger partial charge in [-0.1, -0.05) is 57.1 Å². The summed E-state index contributed by atoms with van der Waals surface area (Å²) in [5.41, 5.74) is 0. The maximum Gasteiger partial charge on any atom is -0.0153 e. The van der Waals surface area contributed by atoms with Crippen molar-refractivity contribution in [2.45, 2.75) is 84.5 Å². The summed E-state index contributed by atoms with van der Waals surface area (Å²) in [4.78, 5) is 0. The van der Waals surface area contributed by atoms with Crippen LogP contribution in [0.25, 0.3) is 0 Å². The van der Waals surface area contributed by atoms with Crippen LogP contribution in [0.15, 0.2) is 24.3 Å². The molecular formula is C23H36. The monoisotopic (exact) mass is 312 g/mol. The normalized spacial score (nSPS) is 32.1. The summed E-state index contributed by atoms with van der Waals surface area (Å²) in [6.45, 7) is 4.64. The van der Waals surface area contributed by atoms with Crippen LogP contribution in [0.2, 0.25) is 0 Å². The Morgan fingerprint density at radius 3 is 1.61 bits per heavy atom. The predicted octanol–water partition coefficient (Wildman–Crippen LogP) is 6.93. The molecule has 23 heavy (non-hydrogen) atoms. The number of allylic oxidation sites excluding steroid dienone is 4. The fourth-order valence-electron chi connectivity index (χ4n) is 4.33. The first-order valence-corrected chi connectivity index (χ1v) is 10.2. The molecule has 0 spiro atoms. The van der Waals surface area contributed by atoms with E-state index in [-0.39, 0.29) is 0 Å². The van der Waals surface area contributed by atoms with E-state index in [9.17, 15) is 0 Å². The van der Waals surface area contributed by atoms with Gasteiger partial charge in [0.2, 0.25) is 0 Å². The molecule has 0 nitrogen and oxygen atoms in total. The van der Waals surface area contributed by atoms with Gasteiger partial charge in [0.15, 0.2) is 0 Å². The van der Waals surface area contributed by atoms with E-state index < -0.39 is 0 Å². The second-order valence-corrected chi connectivity index (χ2v) is 7.77. The van der Waals surface area contributed by atoms with Crippen LogP contribution in [-0.4, -0.2) is 0 Å². The van der Waals surface area contributed by atoms with E-state index in [0.29, 0.717) is 0 Å². The highest BCUT2D eigenvalue weighted by Gasteiger charge is 2.18. The smallest absolute Gasteiger partial charge is 0.0153 e. The molecule has 0 amide bonds. The third-order valence-corrected chi connectivity index (χ3v) is 6.04. The van der Waals surface area contributed by atoms with Gasteiger partial charge in [-0.25, -0.2) is 0 Å². The lowest BCUT2D eigenvalue weighted by Crippen LogP contribution is -2.12. The number of hydrogen-bond acceptors (Lipinski definition) is 0. The van der Waals surface area contributed by atoms with Crippen LogP contribution in [0.3, 0.4) is 0 Å². The van der Waals surface area contributed by atoms with E-state index in [1.54, 1.807) is 0 Å². The molecule has 2 aliphatic rings. The maximum atomic E-state index is 3.21. The van der Waals surface area contributed by atoms with E-state index in [0.717, 1.165) is 23.7 Å². The topological polar surface area (TPSA) is 0 Å². The van der Waals surface area contributed by atoms with Gasteiger partial charge in [-0.05, 0) is 87.2 Å². The van der Waals surface area contributed by atoms with Gasteiger partial charge in [0.1, 0.15) is 0 Å². The Balaban J connectivity index is 1.63. The van der Waals surface area contributed by atoms with Crippen molar-refractivity contribution in [2.75, 3.05) is 0 Å². The summed E-state index contributed by atoms with van der Waals surface area (Å²) in [5.74, 6) is 9.97. The van der Waals surface area contributed by atoms with Gasteiger partial charge in [-0.2, -0.15) is 0 Å². The van der Waals surface area contributed by atoms with Crippen LogP contribution in [0, 0.1) is 35.5 Å². The molecule has 0 heterocycles. The Morgan fingerprint density at radius 1 is 0.696 bits per heavy atom. The van der Waals surface area contributed by atoms with Gasteiger partial charge in [-0.3, -0.25) is 0 Å². The Morgan fingerprint density at radius 2 is 1.17 bits per heavy atom. The summed E-state index contributed by atoms with van der Waals surface area (Å²) in [5, 5.41) is 0. The highest BCUT2D eigenvalue weighted by molar-refractivity contribution is 5.24. The largest absolute Gasteiger partial charge is 0.0730 e. The zero-order chi connectivity index (χ0) is 16.3. The number of rotatable bonds is 5. The van der Waals surface area contributed by atoms with Crippen molar-refractivity contribution in [3.63, 3.8) is 0 Å². The molecule has 0 unspecified atom stereocenters. The van der Waals surface area contributed by atoms with Crippen molar-refractivity contribution in [3.05, 3.63) is 24.3 Å². The van der Waals surface area contributed by atoms with Gasteiger partial charge in [0, 0.05) is 0 Å². The molecule has 0 aromatic carbocycles. The Kier molecular flexibility index (Phi) is 8.59. The van der Waals surface area contributed by atoms with Crippen LogP contribution >= 0.6 is 0 Å². The second-order valence-electron chi connectivity index (χ2n) is 7.77. The molecule has 0 aromatic heterocycles. The zero-order valence-electron chi connectivity index (χ0n) is 15.4. The lowest BCUT2D eigenvalue weighted by atomic mass is 9.80. The van der Waals surface area contributed by atoms with Gasteiger partial charge < -0.3 is 0 Å². The number of hydrogen-bond donors (Lipinski definition) is 0. The summed E-state index contributed by atoms with van der Waals surface area (Å²) >= 11 is 0. The highest BCUT2D eigenvalue weighted by atomic mass is 14.2. The van der Waals surface area contributed by atoms with Crippen molar-refractivity contribution in [2.24, 2.45) is 23.7 Å². The Hall–Kier alpha value is -0.960. The maximum absolute atomic E-state index is 3.21. The fourth-order valence-corrected chi connectivity index (χ4v) is 4.33. The standard InChI is InChI=1S/C23H36/c1-3-9-21-16-18-23(19-17-21)11-8-6-5-7-10-22-14-12-20(4-2)13-15-22/h7-8,10-11,20-23H,3-4,9,12-19H2,1-2H3/t20-,21-,22-,23-. The minimum absolute atomic E-state index is 0.782. The molecule has 0 atom stereocenters. The van der Waals surface area contributed by atoms with E-state index in [4.69, 9.17) is 0 Å². The first-order valence-electron chi connectivity index (χ1n) is 10.2. The average Bonchev–Trinajstić information content (AvgIpc) is 2.60. The van der Waals surface area contributed by atoms with Gasteiger partial charge in [-0.15, -0.1) is 0 Å². The minimum atomic E-state index is 0.782. The predicted molar refractivity (Wildman–Crippen MR) is 102 cm³/mol. The summed E-state index contributed by atoms with van der Waals surface area (Å²) in [6.07, 6.45) is 24.2. The molecule has 2 saturated carbocycles. The Bertz CT molecular complexity index is 415. The van der Waals surface area contributed by atoms with Crippen molar-refractivity contribution in [3.8, 4) is 11.8 Å². The van der Waals surface area contributed by atoms with Crippen LogP contribution in [0.4, 0.5) is 0 Å². The molecule has 0 heteroatoms. The lowest BCUT2D eigenvalue weighted by molar-refractivity contribution is 0.294. The molecular weight excluding hydrogens is 276 g/mol. The minimum Gasteiger partial charge on any atom is -0.0730 e. The zero-order valence-corrected chi connectivity index (χ0v) is 15.4. The van der Waals surface area contributed by atoms with Crippen molar-refractivity contribution < 1.29 is 0 Å². The van der Waals surface area contributed by atoms with Crippen molar-refractivity contribution in [1.29, 1.82) is 0 Å². The molecule has 0 aliphatic heterocycles. The average molecular weight is 313 g/mol. The van der Waals surface area contributed by atoms with Crippen molar-refractivity contribution >= 4 is 0 Å². The molecule has 0 saturated heterocycles. The SMILES string of the molecule is CCC[C@H]1CC[C@H](C=CC#CC=C[C@H]2CC[C@H](CC)CC2)CC1. The molecule has 0 N–H and O–H groups in total. The molecule has 2 fully saturated rings. The third kappa shape index (κ3) is 6.99. The van der Waals surface area contributed by atoms with E-state index in [2.05, 4.69) is 50.0 Å². The quantitative estimate of drug-likeness (QED) is 0.483. The third-order valence-electron chi connectivity index (χ3n) is 6.04. The van der Waals surface area contributed by atoms with Crippen molar-refractivity contribution in [1.82, 2.24) is 0 Å². The molecule has 0 aromatic rings. The first-order chi connectivity index (χ1) is 11.3. The summed E-state index contributed by atoms with van der Waals surface area (Å²) < 4.78 is 0. The highest BCUT2D eigenvalue weighted by Crippen LogP contribution is 2.32. The molecule has 128 valence electrons. The molecule has 2 aliphatic carbocycles. The lowest BCUT2D eigenvalue weighted by Gasteiger charge is -2.26. The fraction of sp³-hybridized carbons (Fsp3) is 0.739. The molecule has 2 rings (SSSR count). The van der Waals surface area contributed by atoms with Gasteiger partial charge in [0.05, 0.1) is 0 Å². The molecule has 0 bridgehead atoms.